The summed E-state index contributed by atoms with van der Waals surface area (Å²) in [6.07, 6.45) is 4.43. The lowest BCUT2D eigenvalue weighted by Crippen LogP contribution is -2.31. The second kappa shape index (κ2) is 8.29. The highest BCUT2D eigenvalue weighted by Gasteiger charge is 2.16. The van der Waals surface area contributed by atoms with Gasteiger partial charge in [-0.1, -0.05) is 30.3 Å². The van der Waals surface area contributed by atoms with Crippen molar-refractivity contribution >= 4 is 5.91 Å². The van der Waals surface area contributed by atoms with E-state index in [2.05, 4.69) is 24.0 Å². The molecule has 0 saturated carbocycles. The molecule has 25 heavy (non-hydrogen) atoms. The number of carbonyl (C=O) groups excluding carboxylic acids is 1. The Balaban J connectivity index is 1.73. The zero-order valence-electron chi connectivity index (χ0n) is 14.4. The van der Waals surface area contributed by atoms with E-state index in [-0.39, 0.29) is 5.91 Å². The zero-order valence-corrected chi connectivity index (χ0v) is 14.4. The summed E-state index contributed by atoms with van der Waals surface area (Å²) in [5.41, 5.74) is 3.24. The predicted molar refractivity (Wildman–Crippen MR) is 96.7 cm³/mol. The summed E-state index contributed by atoms with van der Waals surface area (Å²) in [6.45, 7) is 3.16. The first-order valence-corrected chi connectivity index (χ1v) is 8.47. The van der Waals surface area contributed by atoms with Crippen molar-refractivity contribution in [1.29, 1.82) is 0 Å². The molecular formula is C21H22N2O2. The highest BCUT2D eigenvalue weighted by molar-refractivity contribution is 5.76. The number of aryl methyl sites for hydroxylation is 2. The fourth-order valence-electron chi connectivity index (χ4n) is 2.76. The number of aromatic nitrogens is 1. The minimum Gasteiger partial charge on any atom is -0.469 e. The van der Waals surface area contributed by atoms with Crippen molar-refractivity contribution in [2.75, 3.05) is 0 Å². The molecule has 0 aliphatic heterocycles. The third kappa shape index (κ3) is 4.80. The number of nitrogens with zero attached hydrogens (tertiary/aromatic N) is 2. The molecule has 0 atom stereocenters. The first kappa shape index (κ1) is 17.0. The smallest absolute Gasteiger partial charge is 0.223 e. The van der Waals surface area contributed by atoms with Gasteiger partial charge in [0.15, 0.2) is 0 Å². The second-order valence-electron chi connectivity index (χ2n) is 6.08. The van der Waals surface area contributed by atoms with E-state index in [0.29, 0.717) is 25.9 Å². The van der Waals surface area contributed by atoms with Crippen molar-refractivity contribution in [1.82, 2.24) is 9.88 Å². The molecule has 4 heteroatoms. The van der Waals surface area contributed by atoms with Gasteiger partial charge in [0.25, 0.3) is 0 Å². The van der Waals surface area contributed by atoms with E-state index in [4.69, 9.17) is 4.42 Å². The predicted octanol–water partition coefficient (Wildman–Crippen LogP) is 4.14. The maximum atomic E-state index is 12.8. The minimum atomic E-state index is 0.102. The Morgan fingerprint density at radius 2 is 1.88 bits per heavy atom. The van der Waals surface area contributed by atoms with E-state index in [1.807, 2.05) is 47.4 Å². The zero-order chi connectivity index (χ0) is 17.5. The van der Waals surface area contributed by atoms with Gasteiger partial charge in [-0.3, -0.25) is 9.78 Å². The maximum Gasteiger partial charge on any atom is 0.223 e. The van der Waals surface area contributed by atoms with Crippen LogP contribution in [0.15, 0.2) is 71.5 Å². The summed E-state index contributed by atoms with van der Waals surface area (Å²) in [4.78, 5) is 19.0. The lowest BCUT2D eigenvalue weighted by Gasteiger charge is -2.23. The van der Waals surface area contributed by atoms with E-state index in [0.717, 1.165) is 17.0 Å². The van der Waals surface area contributed by atoms with Crippen LogP contribution in [0.25, 0.3) is 0 Å². The largest absolute Gasteiger partial charge is 0.469 e. The van der Waals surface area contributed by atoms with Gasteiger partial charge in [-0.15, -0.1) is 0 Å². The van der Waals surface area contributed by atoms with Crippen molar-refractivity contribution in [3.8, 4) is 0 Å². The quantitative estimate of drug-likeness (QED) is 0.652. The molecule has 4 nitrogen and oxygen atoms in total. The van der Waals surface area contributed by atoms with Crippen molar-refractivity contribution in [2.45, 2.75) is 32.9 Å². The minimum absolute atomic E-state index is 0.102. The first-order valence-electron chi connectivity index (χ1n) is 8.47. The Labute approximate surface area is 148 Å². The van der Waals surface area contributed by atoms with Crippen LogP contribution in [0, 0.1) is 6.92 Å². The molecule has 0 spiro atoms. The maximum absolute atomic E-state index is 12.8. The summed E-state index contributed by atoms with van der Waals surface area (Å²) in [5, 5.41) is 0. The number of rotatable bonds is 7. The van der Waals surface area contributed by atoms with Crippen LogP contribution in [-0.4, -0.2) is 15.8 Å². The number of hydrogen-bond donors (Lipinski definition) is 0. The fraction of sp³-hybridized carbons (Fsp3) is 0.238. The number of benzene rings is 1. The average Bonchev–Trinajstić information content (AvgIpc) is 3.15. The van der Waals surface area contributed by atoms with Gasteiger partial charge in [-0.2, -0.15) is 0 Å². The molecular weight excluding hydrogens is 312 g/mol. The average molecular weight is 334 g/mol. The van der Waals surface area contributed by atoms with E-state index in [1.165, 1.54) is 5.56 Å². The lowest BCUT2D eigenvalue weighted by atomic mass is 10.1. The van der Waals surface area contributed by atoms with Gasteiger partial charge in [0.05, 0.1) is 18.5 Å². The van der Waals surface area contributed by atoms with E-state index in [9.17, 15) is 4.79 Å². The van der Waals surface area contributed by atoms with Crippen molar-refractivity contribution in [3.63, 3.8) is 0 Å². The van der Waals surface area contributed by atoms with Crippen LogP contribution in [0.3, 0.4) is 0 Å². The molecule has 0 saturated heterocycles. The van der Waals surface area contributed by atoms with Gasteiger partial charge in [0.2, 0.25) is 5.91 Å². The van der Waals surface area contributed by atoms with Gasteiger partial charge in [-0.25, -0.2) is 0 Å². The van der Waals surface area contributed by atoms with Crippen LogP contribution in [-0.2, 0) is 24.3 Å². The van der Waals surface area contributed by atoms with Crippen molar-refractivity contribution < 1.29 is 9.21 Å². The van der Waals surface area contributed by atoms with Crippen molar-refractivity contribution in [2.24, 2.45) is 0 Å². The molecule has 128 valence electrons. The van der Waals surface area contributed by atoms with E-state index in [1.54, 1.807) is 12.5 Å². The van der Waals surface area contributed by atoms with Gasteiger partial charge >= 0.3 is 0 Å². The van der Waals surface area contributed by atoms with E-state index >= 15 is 0 Å². The monoisotopic (exact) mass is 334 g/mol. The molecule has 0 radical (unpaired) electrons. The van der Waals surface area contributed by atoms with Crippen LogP contribution in [0.2, 0.25) is 0 Å². The molecule has 0 bridgehead atoms. The van der Waals surface area contributed by atoms with Gasteiger partial charge in [0, 0.05) is 25.6 Å². The third-order valence-electron chi connectivity index (χ3n) is 4.22. The summed E-state index contributed by atoms with van der Waals surface area (Å²) in [7, 11) is 0. The van der Waals surface area contributed by atoms with Crippen LogP contribution < -0.4 is 0 Å². The third-order valence-corrected chi connectivity index (χ3v) is 4.22. The molecule has 1 aromatic carbocycles. The normalized spacial score (nSPS) is 10.6. The van der Waals surface area contributed by atoms with Crippen molar-refractivity contribution in [3.05, 3.63) is 89.6 Å². The Hall–Kier alpha value is -2.88. The number of furan rings is 1. The Morgan fingerprint density at radius 1 is 1.04 bits per heavy atom. The molecule has 0 aliphatic rings. The molecule has 3 rings (SSSR count). The van der Waals surface area contributed by atoms with Crippen LogP contribution in [0.1, 0.15) is 29.0 Å². The van der Waals surface area contributed by atoms with E-state index < -0.39 is 0 Å². The second-order valence-corrected chi connectivity index (χ2v) is 6.08. The summed E-state index contributed by atoms with van der Waals surface area (Å²) < 4.78 is 5.34. The molecule has 1 amide bonds. The Bertz CT molecular complexity index is 798. The standard InChI is InChI=1S/C21H22N2O2/c1-17-7-2-3-8-18(17)15-23(16-19-9-4-5-13-22-19)21(24)12-11-20-10-6-14-25-20/h2-10,13-14H,11-12,15-16H2,1H3. The fourth-order valence-corrected chi connectivity index (χ4v) is 2.76. The lowest BCUT2D eigenvalue weighted by molar-refractivity contribution is -0.132. The van der Waals surface area contributed by atoms with Gasteiger partial charge in [-0.05, 0) is 42.3 Å². The number of pyridine rings is 1. The summed E-state index contributed by atoms with van der Waals surface area (Å²) in [5.74, 6) is 0.937. The topological polar surface area (TPSA) is 46.3 Å². The molecule has 0 N–H and O–H groups in total. The van der Waals surface area contributed by atoms with Crippen LogP contribution in [0.5, 0.6) is 0 Å². The SMILES string of the molecule is Cc1ccccc1CN(Cc1ccccn1)C(=O)CCc1ccco1. The highest BCUT2D eigenvalue weighted by Crippen LogP contribution is 2.15. The van der Waals surface area contributed by atoms with Gasteiger partial charge in [0.1, 0.15) is 5.76 Å². The molecule has 0 fully saturated rings. The number of amides is 1. The van der Waals surface area contributed by atoms with Gasteiger partial charge < -0.3 is 9.32 Å². The molecule has 2 aromatic heterocycles. The number of carbonyl (C=O) groups is 1. The first-order chi connectivity index (χ1) is 12.2. The summed E-state index contributed by atoms with van der Waals surface area (Å²) >= 11 is 0. The Morgan fingerprint density at radius 3 is 2.60 bits per heavy atom. The number of hydrogen-bond acceptors (Lipinski definition) is 3. The summed E-state index contributed by atoms with van der Waals surface area (Å²) in [6, 6.07) is 17.7. The molecule has 0 aliphatic carbocycles. The Kier molecular flexibility index (Phi) is 5.62. The van der Waals surface area contributed by atoms with Crippen LogP contribution >= 0.6 is 0 Å². The highest BCUT2D eigenvalue weighted by atomic mass is 16.3. The molecule has 2 heterocycles. The molecule has 0 unspecified atom stereocenters. The van der Waals surface area contributed by atoms with Crippen LogP contribution in [0.4, 0.5) is 0 Å². The molecule has 3 aromatic rings.